The molecule has 0 aliphatic heterocycles. The van der Waals surface area contributed by atoms with Gasteiger partial charge in [0.25, 0.3) is 5.78 Å². The van der Waals surface area contributed by atoms with E-state index < -0.39 is 5.97 Å². The lowest BCUT2D eigenvalue weighted by atomic mass is 9.96. The molecule has 17 heavy (non-hydrogen) atoms. The number of aryl methyl sites for hydroxylation is 1. The number of rotatable bonds is 1. The normalized spacial score (nSPS) is 12.0. The van der Waals surface area contributed by atoms with Crippen LogP contribution in [-0.2, 0) is 5.41 Å². The minimum absolute atomic E-state index is 0.142. The molecule has 2 aromatic heterocycles. The molecule has 0 aromatic carbocycles. The molecule has 6 heteroatoms. The van der Waals surface area contributed by atoms with Crippen LogP contribution in [0.2, 0.25) is 0 Å². The number of carbonyl (C=O) groups is 1. The Morgan fingerprint density at radius 1 is 1.41 bits per heavy atom. The summed E-state index contributed by atoms with van der Waals surface area (Å²) in [5.41, 5.74) is 0.483. The predicted molar refractivity (Wildman–Crippen MR) is 61.2 cm³/mol. The van der Waals surface area contributed by atoms with Gasteiger partial charge in [-0.2, -0.15) is 4.98 Å². The summed E-state index contributed by atoms with van der Waals surface area (Å²) in [6.07, 6.45) is 1.31. The second-order valence-corrected chi connectivity index (χ2v) is 4.96. The molecule has 0 fully saturated rings. The average molecular weight is 234 g/mol. The Morgan fingerprint density at radius 2 is 2.06 bits per heavy atom. The van der Waals surface area contributed by atoms with Crippen molar-refractivity contribution in [3.05, 3.63) is 23.3 Å². The van der Waals surface area contributed by atoms with E-state index in [0.29, 0.717) is 17.3 Å². The van der Waals surface area contributed by atoms with Gasteiger partial charge in [-0.15, -0.1) is 5.10 Å². The van der Waals surface area contributed by atoms with Gasteiger partial charge in [-0.05, 0) is 6.92 Å². The van der Waals surface area contributed by atoms with Crippen molar-refractivity contribution in [2.24, 2.45) is 0 Å². The molecule has 2 aromatic rings. The molecule has 0 bridgehead atoms. The molecule has 0 aliphatic carbocycles. The van der Waals surface area contributed by atoms with Gasteiger partial charge in [0.05, 0.1) is 11.3 Å². The summed E-state index contributed by atoms with van der Waals surface area (Å²) in [7, 11) is 0. The zero-order valence-corrected chi connectivity index (χ0v) is 10.2. The Labute approximate surface area is 98.3 Å². The number of hydrogen-bond donors (Lipinski definition) is 1. The standard InChI is InChI=1S/C11H14N4O2/c1-6-7(8(16)17)5-12-10-13-9(11(2,3)4)14-15(6)10/h5H,1-4H3,(H,16,17). The third-order valence-corrected chi connectivity index (χ3v) is 2.51. The Hall–Kier alpha value is -1.98. The maximum atomic E-state index is 11.0. The highest BCUT2D eigenvalue weighted by atomic mass is 16.4. The molecule has 2 rings (SSSR count). The smallest absolute Gasteiger partial charge is 0.339 e. The number of carboxylic acid groups (broad SMARTS) is 1. The number of nitrogens with zero attached hydrogens (tertiary/aromatic N) is 4. The highest BCUT2D eigenvalue weighted by Crippen LogP contribution is 2.19. The number of fused-ring (bicyclic) bond motifs is 1. The van der Waals surface area contributed by atoms with Crippen LogP contribution in [0, 0.1) is 6.92 Å². The second-order valence-electron chi connectivity index (χ2n) is 4.96. The fraction of sp³-hybridized carbons (Fsp3) is 0.455. The first-order valence-electron chi connectivity index (χ1n) is 5.27. The van der Waals surface area contributed by atoms with Gasteiger partial charge in [0.2, 0.25) is 0 Å². The summed E-state index contributed by atoms with van der Waals surface area (Å²) >= 11 is 0. The molecule has 0 aliphatic rings. The third kappa shape index (κ3) is 1.86. The van der Waals surface area contributed by atoms with Gasteiger partial charge in [0.1, 0.15) is 0 Å². The van der Waals surface area contributed by atoms with Crippen LogP contribution in [0.3, 0.4) is 0 Å². The predicted octanol–water partition coefficient (Wildman–Crippen LogP) is 1.43. The molecule has 0 amide bonds. The summed E-state index contributed by atoms with van der Waals surface area (Å²) < 4.78 is 1.48. The van der Waals surface area contributed by atoms with Crippen LogP contribution in [0.25, 0.3) is 5.78 Å². The number of carboxylic acids is 1. The molecule has 90 valence electrons. The molecule has 0 radical (unpaired) electrons. The van der Waals surface area contributed by atoms with E-state index in [0.717, 1.165) is 0 Å². The second kappa shape index (κ2) is 3.51. The summed E-state index contributed by atoms with van der Waals surface area (Å²) in [6, 6.07) is 0. The molecule has 0 unspecified atom stereocenters. The fourth-order valence-electron chi connectivity index (χ4n) is 1.47. The highest BCUT2D eigenvalue weighted by Gasteiger charge is 2.22. The molecular formula is C11H14N4O2. The molecule has 1 N–H and O–H groups in total. The van der Waals surface area contributed by atoms with Gasteiger partial charge >= 0.3 is 5.97 Å². The van der Waals surface area contributed by atoms with Crippen LogP contribution < -0.4 is 0 Å². The molecule has 0 spiro atoms. The lowest BCUT2D eigenvalue weighted by Crippen LogP contribution is -2.13. The van der Waals surface area contributed by atoms with Crippen molar-refractivity contribution in [2.75, 3.05) is 0 Å². The molecule has 0 saturated carbocycles. The topological polar surface area (TPSA) is 80.4 Å². The average Bonchev–Trinajstić information content (AvgIpc) is 2.61. The van der Waals surface area contributed by atoms with Crippen molar-refractivity contribution >= 4 is 11.7 Å². The molecule has 0 atom stereocenters. The summed E-state index contributed by atoms with van der Waals surface area (Å²) in [5.74, 6) is 0.0674. The van der Waals surface area contributed by atoms with E-state index in [1.54, 1.807) is 6.92 Å². The van der Waals surface area contributed by atoms with Crippen LogP contribution in [0.5, 0.6) is 0 Å². The first-order chi connectivity index (χ1) is 7.80. The largest absolute Gasteiger partial charge is 0.478 e. The highest BCUT2D eigenvalue weighted by molar-refractivity contribution is 5.88. The fourth-order valence-corrected chi connectivity index (χ4v) is 1.47. The van der Waals surface area contributed by atoms with Crippen molar-refractivity contribution in [3.63, 3.8) is 0 Å². The SMILES string of the molecule is Cc1c(C(=O)O)cnc2nc(C(C)(C)C)nn12. The molecule has 6 nitrogen and oxygen atoms in total. The van der Waals surface area contributed by atoms with Crippen molar-refractivity contribution < 1.29 is 9.90 Å². The first kappa shape index (κ1) is 11.5. The van der Waals surface area contributed by atoms with Crippen LogP contribution in [0.1, 0.15) is 42.6 Å². The Kier molecular flexibility index (Phi) is 2.38. The summed E-state index contributed by atoms with van der Waals surface area (Å²) in [6.45, 7) is 7.68. The zero-order chi connectivity index (χ0) is 12.8. The first-order valence-corrected chi connectivity index (χ1v) is 5.27. The maximum Gasteiger partial charge on any atom is 0.339 e. The van der Waals surface area contributed by atoms with Crippen molar-refractivity contribution in [1.29, 1.82) is 0 Å². The lowest BCUT2D eigenvalue weighted by Gasteiger charge is -2.11. The van der Waals surface area contributed by atoms with Crippen LogP contribution in [0.4, 0.5) is 0 Å². The summed E-state index contributed by atoms with van der Waals surface area (Å²) in [5, 5.41) is 13.3. The zero-order valence-electron chi connectivity index (χ0n) is 10.2. The van der Waals surface area contributed by atoms with E-state index in [4.69, 9.17) is 5.11 Å². The van der Waals surface area contributed by atoms with Gasteiger partial charge in [-0.1, -0.05) is 20.8 Å². The van der Waals surface area contributed by atoms with Crippen molar-refractivity contribution in [2.45, 2.75) is 33.1 Å². The Morgan fingerprint density at radius 3 is 2.59 bits per heavy atom. The minimum atomic E-state index is -1.01. The summed E-state index contributed by atoms with van der Waals surface area (Å²) in [4.78, 5) is 19.3. The van der Waals surface area contributed by atoms with Crippen LogP contribution in [0.15, 0.2) is 6.20 Å². The quantitative estimate of drug-likeness (QED) is 0.807. The number of aromatic carboxylic acids is 1. The van der Waals surface area contributed by atoms with E-state index in [1.807, 2.05) is 20.8 Å². The van der Waals surface area contributed by atoms with Gasteiger partial charge in [0.15, 0.2) is 5.82 Å². The Bertz CT molecular complexity index is 595. The Balaban J connectivity index is 2.70. The van der Waals surface area contributed by atoms with E-state index >= 15 is 0 Å². The van der Waals surface area contributed by atoms with Gasteiger partial charge in [-0.3, -0.25) is 0 Å². The lowest BCUT2D eigenvalue weighted by molar-refractivity contribution is 0.0695. The number of aromatic nitrogens is 4. The van der Waals surface area contributed by atoms with E-state index in [2.05, 4.69) is 15.1 Å². The number of hydrogen-bond acceptors (Lipinski definition) is 4. The third-order valence-electron chi connectivity index (χ3n) is 2.51. The van der Waals surface area contributed by atoms with Crippen LogP contribution >= 0.6 is 0 Å². The van der Waals surface area contributed by atoms with Crippen molar-refractivity contribution in [1.82, 2.24) is 19.6 Å². The maximum absolute atomic E-state index is 11.0. The van der Waals surface area contributed by atoms with E-state index in [9.17, 15) is 4.79 Å². The van der Waals surface area contributed by atoms with Gasteiger partial charge in [0, 0.05) is 11.6 Å². The monoisotopic (exact) mass is 234 g/mol. The van der Waals surface area contributed by atoms with Crippen molar-refractivity contribution in [3.8, 4) is 0 Å². The van der Waals surface area contributed by atoms with Gasteiger partial charge < -0.3 is 5.11 Å². The van der Waals surface area contributed by atoms with Gasteiger partial charge in [-0.25, -0.2) is 14.3 Å². The van der Waals surface area contributed by atoms with E-state index in [1.165, 1.54) is 10.7 Å². The van der Waals surface area contributed by atoms with E-state index in [-0.39, 0.29) is 11.0 Å². The molecule has 2 heterocycles. The van der Waals surface area contributed by atoms with Crippen LogP contribution in [-0.4, -0.2) is 30.7 Å². The molecule has 0 saturated heterocycles. The minimum Gasteiger partial charge on any atom is -0.478 e. The molecular weight excluding hydrogens is 220 g/mol.